The molecule has 1 fully saturated rings. The zero-order valence-electron chi connectivity index (χ0n) is 11.2. The van der Waals surface area contributed by atoms with Crippen molar-refractivity contribution in [2.75, 3.05) is 19.7 Å². The predicted molar refractivity (Wildman–Crippen MR) is 91.8 cm³/mol. The molecule has 1 atom stereocenters. The van der Waals surface area contributed by atoms with E-state index < -0.39 is 0 Å². The molecule has 2 rings (SSSR count). The lowest BCUT2D eigenvalue weighted by atomic mass is 10.2. The number of guanidine groups is 1. The van der Waals surface area contributed by atoms with Gasteiger partial charge in [0.2, 0.25) is 0 Å². The summed E-state index contributed by atoms with van der Waals surface area (Å²) in [5, 5.41) is 0. The van der Waals surface area contributed by atoms with Crippen molar-refractivity contribution in [1.29, 1.82) is 0 Å². The Bertz CT molecular complexity index is 487. The van der Waals surface area contributed by atoms with Crippen molar-refractivity contribution < 1.29 is 9.13 Å². The quantitative estimate of drug-likeness (QED) is 0.422. The Morgan fingerprint density at radius 3 is 3.05 bits per heavy atom. The Kier molecular flexibility index (Phi) is 7.18. The highest BCUT2D eigenvalue weighted by Crippen LogP contribution is 2.18. The molecule has 1 aliphatic rings. The van der Waals surface area contributed by atoms with Crippen LogP contribution in [0.1, 0.15) is 12.5 Å². The van der Waals surface area contributed by atoms with E-state index in [-0.39, 0.29) is 35.9 Å². The molecule has 4 nitrogen and oxygen atoms in total. The summed E-state index contributed by atoms with van der Waals surface area (Å²) in [6, 6.07) is 4.54. The van der Waals surface area contributed by atoms with E-state index in [4.69, 9.17) is 10.5 Å². The van der Waals surface area contributed by atoms with Gasteiger partial charge in [-0.15, -0.1) is 24.0 Å². The van der Waals surface area contributed by atoms with Gasteiger partial charge in [-0.3, -0.25) is 0 Å². The van der Waals surface area contributed by atoms with Gasteiger partial charge in [0.15, 0.2) is 5.96 Å². The molecule has 20 heavy (non-hydrogen) atoms. The summed E-state index contributed by atoms with van der Waals surface area (Å²) in [6.07, 6.45) is 0.156. The van der Waals surface area contributed by atoms with Gasteiger partial charge in [0.25, 0.3) is 0 Å². The smallest absolute Gasteiger partial charge is 0.191 e. The molecule has 1 aliphatic heterocycles. The minimum atomic E-state index is -0.271. The van der Waals surface area contributed by atoms with Crippen molar-refractivity contribution in [1.82, 2.24) is 4.90 Å². The van der Waals surface area contributed by atoms with Gasteiger partial charge in [-0.2, -0.15) is 0 Å². The Morgan fingerprint density at radius 1 is 1.60 bits per heavy atom. The van der Waals surface area contributed by atoms with E-state index in [2.05, 4.69) is 20.9 Å². The number of hydrogen-bond donors (Lipinski definition) is 1. The van der Waals surface area contributed by atoms with Crippen LogP contribution in [0.5, 0.6) is 0 Å². The highest BCUT2D eigenvalue weighted by molar-refractivity contribution is 14.0. The van der Waals surface area contributed by atoms with E-state index in [1.54, 1.807) is 6.07 Å². The summed E-state index contributed by atoms with van der Waals surface area (Å²) in [5.41, 5.74) is 6.74. The third kappa shape index (κ3) is 4.85. The normalized spacial score (nSPS) is 19.6. The zero-order chi connectivity index (χ0) is 13.8. The van der Waals surface area contributed by atoms with E-state index in [0.717, 1.165) is 23.1 Å². The summed E-state index contributed by atoms with van der Waals surface area (Å²) >= 11 is 3.38. The number of morpholine rings is 1. The van der Waals surface area contributed by atoms with Gasteiger partial charge in [0, 0.05) is 17.6 Å². The number of aliphatic imine (C=N–C) groups is 1. The molecule has 0 radical (unpaired) electrons. The molecule has 1 unspecified atom stereocenters. The van der Waals surface area contributed by atoms with Crippen molar-refractivity contribution in [3.05, 3.63) is 34.1 Å². The summed E-state index contributed by atoms with van der Waals surface area (Å²) in [4.78, 5) is 6.31. The second-order valence-corrected chi connectivity index (χ2v) is 5.39. The van der Waals surface area contributed by atoms with E-state index in [1.807, 2.05) is 11.8 Å². The van der Waals surface area contributed by atoms with Gasteiger partial charge in [0.1, 0.15) is 5.82 Å². The van der Waals surface area contributed by atoms with E-state index >= 15 is 0 Å². The lowest BCUT2D eigenvalue weighted by molar-refractivity contribution is 0.00529. The van der Waals surface area contributed by atoms with Crippen LogP contribution in [-0.4, -0.2) is 36.7 Å². The Labute approximate surface area is 143 Å². The summed E-state index contributed by atoms with van der Waals surface area (Å²) in [6.45, 7) is 4.49. The molecular weight excluding hydrogens is 440 g/mol. The van der Waals surface area contributed by atoms with Crippen molar-refractivity contribution in [3.8, 4) is 0 Å². The number of nitrogens with zero attached hydrogens (tertiary/aromatic N) is 2. The number of nitrogens with two attached hydrogens (primary N) is 1. The minimum Gasteiger partial charge on any atom is -0.375 e. The van der Waals surface area contributed by atoms with Gasteiger partial charge in [-0.05, 0) is 30.7 Å². The van der Waals surface area contributed by atoms with E-state index in [9.17, 15) is 4.39 Å². The van der Waals surface area contributed by atoms with Crippen LogP contribution < -0.4 is 5.73 Å². The number of ether oxygens (including phenoxy) is 1. The fraction of sp³-hybridized carbons (Fsp3) is 0.462. The highest BCUT2D eigenvalue weighted by Gasteiger charge is 2.17. The average Bonchev–Trinajstić information content (AvgIpc) is 2.39. The Morgan fingerprint density at radius 2 is 2.35 bits per heavy atom. The maximum atomic E-state index is 13.1. The first-order chi connectivity index (χ1) is 9.06. The molecule has 0 aromatic heterocycles. The predicted octanol–water partition coefficient (Wildman–Crippen LogP) is 2.74. The molecule has 1 aromatic rings. The van der Waals surface area contributed by atoms with Crippen LogP contribution in [0.3, 0.4) is 0 Å². The summed E-state index contributed by atoms with van der Waals surface area (Å²) in [5.74, 6) is 0.207. The minimum absolute atomic E-state index is 0. The number of benzene rings is 1. The van der Waals surface area contributed by atoms with Crippen molar-refractivity contribution in [2.45, 2.75) is 19.6 Å². The maximum absolute atomic E-state index is 13.1. The molecule has 7 heteroatoms. The largest absolute Gasteiger partial charge is 0.375 e. The van der Waals surface area contributed by atoms with Gasteiger partial charge in [0.05, 0.1) is 19.3 Å². The van der Waals surface area contributed by atoms with Crippen LogP contribution in [0, 0.1) is 5.82 Å². The number of hydrogen-bond acceptors (Lipinski definition) is 2. The van der Waals surface area contributed by atoms with Crippen molar-refractivity contribution in [3.63, 3.8) is 0 Å². The molecule has 1 heterocycles. The van der Waals surface area contributed by atoms with Crippen molar-refractivity contribution >= 4 is 45.9 Å². The van der Waals surface area contributed by atoms with Crippen LogP contribution in [-0.2, 0) is 11.3 Å². The molecule has 2 N–H and O–H groups in total. The van der Waals surface area contributed by atoms with Gasteiger partial charge in [-0.1, -0.05) is 15.9 Å². The zero-order valence-corrected chi connectivity index (χ0v) is 15.1. The molecule has 0 amide bonds. The van der Waals surface area contributed by atoms with E-state index in [0.29, 0.717) is 19.1 Å². The highest BCUT2D eigenvalue weighted by atomic mass is 127. The topological polar surface area (TPSA) is 50.8 Å². The maximum Gasteiger partial charge on any atom is 0.191 e. The second-order valence-electron chi connectivity index (χ2n) is 4.54. The molecule has 0 saturated carbocycles. The molecule has 0 spiro atoms. The lowest BCUT2D eigenvalue weighted by Gasteiger charge is -2.31. The summed E-state index contributed by atoms with van der Waals surface area (Å²) < 4.78 is 19.4. The van der Waals surface area contributed by atoms with Crippen LogP contribution in [0.15, 0.2) is 27.7 Å². The first-order valence-electron chi connectivity index (χ1n) is 6.16. The fourth-order valence-corrected chi connectivity index (χ4v) is 2.33. The van der Waals surface area contributed by atoms with E-state index in [1.165, 1.54) is 12.1 Å². The van der Waals surface area contributed by atoms with Crippen LogP contribution in [0.2, 0.25) is 0 Å². The number of halogens is 3. The average molecular weight is 458 g/mol. The summed E-state index contributed by atoms with van der Waals surface area (Å²) in [7, 11) is 0. The molecule has 1 aromatic carbocycles. The molecular formula is C13H18BrFIN3O. The second kappa shape index (κ2) is 8.14. The number of rotatable bonds is 2. The standard InChI is InChI=1S/C13H17BrFN3O.HI/c1-9-8-18(4-5-19-9)13(16)17-7-10-6-11(15)2-3-12(10)14;/h2-3,6,9H,4-5,7-8H2,1H3,(H2,16,17);1H. The van der Waals surface area contributed by atoms with Gasteiger partial charge >= 0.3 is 0 Å². The monoisotopic (exact) mass is 457 g/mol. The molecule has 112 valence electrons. The fourth-order valence-electron chi connectivity index (χ4n) is 1.96. The Balaban J connectivity index is 0.00000200. The molecule has 0 bridgehead atoms. The first-order valence-corrected chi connectivity index (χ1v) is 6.96. The molecule has 1 saturated heterocycles. The Hall–Kier alpha value is -0.410. The van der Waals surface area contributed by atoms with Gasteiger partial charge in [-0.25, -0.2) is 9.38 Å². The third-order valence-corrected chi connectivity index (χ3v) is 3.76. The lowest BCUT2D eigenvalue weighted by Crippen LogP contribution is -2.47. The SMILES string of the molecule is CC1CN(C(N)=NCc2cc(F)ccc2Br)CCO1.I. The molecule has 0 aliphatic carbocycles. The van der Waals surface area contributed by atoms with Crippen LogP contribution in [0.25, 0.3) is 0 Å². The first kappa shape index (κ1) is 17.6. The van der Waals surface area contributed by atoms with Gasteiger partial charge < -0.3 is 15.4 Å². The third-order valence-electron chi connectivity index (χ3n) is 2.98. The van der Waals surface area contributed by atoms with Crippen LogP contribution >= 0.6 is 39.9 Å². The van der Waals surface area contributed by atoms with Crippen LogP contribution in [0.4, 0.5) is 4.39 Å². The van der Waals surface area contributed by atoms with Crippen molar-refractivity contribution in [2.24, 2.45) is 10.7 Å².